The van der Waals surface area contributed by atoms with E-state index in [9.17, 15) is 31.1 Å². The van der Waals surface area contributed by atoms with Crippen molar-refractivity contribution in [1.82, 2.24) is 4.57 Å². The van der Waals surface area contributed by atoms with Gasteiger partial charge in [-0.3, -0.25) is 4.79 Å². The maximum atomic E-state index is 13.3. The number of alkyl halides is 6. The van der Waals surface area contributed by atoms with Crippen LogP contribution in [0, 0.1) is 6.92 Å². The van der Waals surface area contributed by atoms with Gasteiger partial charge in [0.15, 0.2) is 0 Å². The molecule has 1 aromatic heterocycles. The number of hydrogen-bond donors (Lipinski definition) is 1. The van der Waals surface area contributed by atoms with E-state index in [2.05, 4.69) is 4.90 Å². The summed E-state index contributed by atoms with van der Waals surface area (Å²) in [5, 5.41) is 0. The fourth-order valence-corrected chi connectivity index (χ4v) is 4.06. The first-order chi connectivity index (χ1) is 16.3. The van der Waals surface area contributed by atoms with Crippen LogP contribution in [0.2, 0.25) is 0 Å². The molecule has 10 heteroatoms. The monoisotopic (exact) mass is 497 g/mol. The van der Waals surface area contributed by atoms with Crippen LogP contribution in [0.1, 0.15) is 46.6 Å². The van der Waals surface area contributed by atoms with Crippen LogP contribution in [0.5, 0.6) is 0 Å². The van der Waals surface area contributed by atoms with Crippen molar-refractivity contribution in [3.8, 4) is 11.3 Å². The van der Waals surface area contributed by atoms with Crippen molar-refractivity contribution in [2.45, 2.75) is 39.7 Å². The number of primary amides is 1. The summed E-state index contributed by atoms with van der Waals surface area (Å²) in [7, 11) is 0. The SMILES string of the molecule is CCN(CC)c1ccc(-c2cc(C(N)=O)c(C)n2Cc2cc(C(F)(F)F)cc(C(F)(F)F)c2)cc1. The van der Waals surface area contributed by atoms with Gasteiger partial charge in [-0.2, -0.15) is 26.3 Å². The van der Waals surface area contributed by atoms with Crippen LogP contribution in [0.25, 0.3) is 11.3 Å². The van der Waals surface area contributed by atoms with Crippen molar-refractivity contribution in [1.29, 1.82) is 0 Å². The standard InChI is InChI=1S/C25H25F6N3O/c1-4-33(5-2)20-8-6-17(7-9-20)22-13-21(23(32)35)15(3)34(22)14-16-10-18(24(26,27)28)12-19(11-16)25(29,30)31/h6-13H,4-5,14H2,1-3H3,(H2,32,35). The second kappa shape index (κ2) is 9.67. The molecule has 0 saturated heterocycles. The molecule has 0 aliphatic heterocycles. The Morgan fingerprint density at radius 2 is 1.40 bits per heavy atom. The Bertz CT molecular complexity index is 1170. The zero-order valence-electron chi connectivity index (χ0n) is 19.4. The van der Waals surface area contributed by atoms with Crippen molar-refractivity contribution < 1.29 is 31.1 Å². The Labute approximate surface area is 199 Å². The molecule has 188 valence electrons. The van der Waals surface area contributed by atoms with Gasteiger partial charge in [0.05, 0.1) is 16.7 Å². The Kier molecular flexibility index (Phi) is 7.23. The highest BCUT2D eigenvalue weighted by molar-refractivity contribution is 5.95. The molecule has 0 radical (unpaired) electrons. The van der Waals surface area contributed by atoms with E-state index in [4.69, 9.17) is 5.73 Å². The molecule has 0 saturated carbocycles. The number of anilines is 1. The van der Waals surface area contributed by atoms with Crippen molar-refractivity contribution in [2.24, 2.45) is 5.73 Å². The fourth-order valence-electron chi connectivity index (χ4n) is 4.06. The van der Waals surface area contributed by atoms with Crippen LogP contribution < -0.4 is 10.6 Å². The van der Waals surface area contributed by atoms with Crippen LogP contribution in [-0.2, 0) is 18.9 Å². The normalized spacial score (nSPS) is 12.1. The van der Waals surface area contributed by atoms with Crippen LogP contribution in [-0.4, -0.2) is 23.6 Å². The van der Waals surface area contributed by atoms with Gasteiger partial charge >= 0.3 is 12.4 Å². The molecule has 0 aliphatic carbocycles. The van der Waals surface area contributed by atoms with E-state index in [1.54, 1.807) is 19.1 Å². The second-order valence-electron chi connectivity index (χ2n) is 8.11. The number of carbonyl (C=O) groups is 1. The smallest absolute Gasteiger partial charge is 0.372 e. The van der Waals surface area contributed by atoms with Gasteiger partial charge in [-0.15, -0.1) is 0 Å². The molecule has 3 aromatic rings. The Morgan fingerprint density at radius 1 is 0.886 bits per heavy atom. The largest absolute Gasteiger partial charge is 0.416 e. The second-order valence-corrected chi connectivity index (χ2v) is 8.11. The summed E-state index contributed by atoms with van der Waals surface area (Å²) in [4.78, 5) is 14.1. The third kappa shape index (κ3) is 5.63. The lowest BCUT2D eigenvalue weighted by Crippen LogP contribution is -2.21. The number of aromatic nitrogens is 1. The van der Waals surface area contributed by atoms with E-state index in [1.807, 2.05) is 26.0 Å². The molecule has 0 spiro atoms. The molecule has 4 nitrogen and oxygen atoms in total. The topological polar surface area (TPSA) is 51.3 Å². The van der Waals surface area contributed by atoms with Crippen LogP contribution in [0.4, 0.5) is 32.0 Å². The zero-order chi connectivity index (χ0) is 26.1. The number of carbonyl (C=O) groups excluding carboxylic acids is 1. The highest BCUT2D eigenvalue weighted by Crippen LogP contribution is 2.37. The quantitative estimate of drug-likeness (QED) is 0.379. The zero-order valence-corrected chi connectivity index (χ0v) is 19.4. The number of amides is 1. The summed E-state index contributed by atoms with van der Waals surface area (Å²) in [6.07, 6.45) is -9.91. The molecule has 2 aromatic carbocycles. The molecule has 1 heterocycles. The Balaban J connectivity index is 2.14. The van der Waals surface area contributed by atoms with Gasteiger partial charge in [-0.05, 0) is 68.3 Å². The van der Waals surface area contributed by atoms with Gasteiger partial charge in [0.1, 0.15) is 0 Å². The van der Waals surface area contributed by atoms with E-state index in [-0.39, 0.29) is 23.7 Å². The molecule has 0 fully saturated rings. The minimum atomic E-state index is -4.96. The first-order valence-electron chi connectivity index (χ1n) is 10.9. The molecule has 0 atom stereocenters. The van der Waals surface area contributed by atoms with Crippen LogP contribution in [0.3, 0.4) is 0 Å². The first kappa shape index (κ1) is 26.2. The van der Waals surface area contributed by atoms with E-state index >= 15 is 0 Å². The fraction of sp³-hybridized carbons (Fsp3) is 0.320. The summed E-state index contributed by atoms with van der Waals surface area (Å²) < 4.78 is 81.5. The predicted molar refractivity (Wildman–Crippen MR) is 122 cm³/mol. The van der Waals surface area contributed by atoms with Gasteiger partial charge in [-0.1, -0.05) is 12.1 Å². The van der Waals surface area contributed by atoms with E-state index < -0.39 is 29.4 Å². The van der Waals surface area contributed by atoms with Gasteiger partial charge in [0.25, 0.3) is 5.91 Å². The average Bonchev–Trinajstić information content (AvgIpc) is 3.10. The molecule has 2 N–H and O–H groups in total. The summed E-state index contributed by atoms with van der Waals surface area (Å²) in [5.74, 6) is -0.748. The molecule has 0 unspecified atom stereocenters. The lowest BCUT2D eigenvalue weighted by molar-refractivity contribution is -0.143. The Hall–Kier alpha value is -3.43. The molecule has 3 rings (SSSR count). The summed E-state index contributed by atoms with van der Waals surface area (Å²) in [6, 6.07) is 10.3. The molecular formula is C25H25F6N3O. The van der Waals surface area contributed by atoms with Gasteiger partial charge in [0, 0.05) is 36.7 Å². The van der Waals surface area contributed by atoms with Gasteiger partial charge < -0.3 is 15.2 Å². The summed E-state index contributed by atoms with van der Waals surface area (Å²) >= 11 is 0. The highest BCUT2D eigenvalue weighted by atomic mass is 19.4. The predicted octanol–water partition coefficient (Wildman–Crippen LogP) is 6.49. The summed E-state index contributed by atoms with van der Waals surface area (Å²) in [5.41, 5.74) is 5.00. The number of benzene rings is 2. The molecular weight excluding hydrogens is 472 g/mol. The minimum Gasteiger partial charge on any atom is -0.372 e. The molecule has 35 heavy (non-hydrogen) atoms. The third-order valence-electron chi connectivity index (χ3n) is 5.91. The maximum Gasteiger partial charge on any atom is 0.416 e. The van der Waals surface area contributed by atoms with Crippen molar-refractivity contribution in [3.63, 3.8) is 0 Å². The Morgan fingerprint density at radius 3 is 1.83 bits per heavy atom. The van der Waals surface area contributed by atoms with Crippen molar-refractivity contribution in [2.75, 3.05) is 18.0 Å². The van der Waals surface area contributed by atoms with E-state index in [1.165, 1.54) is 10.6 Å². The third-order valence-corrected chi connectivity index (χ3v) is 5.91. The lowest BCUT2D eigenvalue weighted by atomic mass is 10.0. The first-order valence-corrected chi connectivity index (χ1v) is 10.9. The highest BCUT2D eigenvalue weighted by Gasteiger charge is 2.37. The van der Waals surface area contributed by atoms with Crippen LogP contribution in [0.15, 0.2) is 48.5 Å². The number of nitrogens with zero attached hydrogens (tertiary/aromatic N) is 2. The van der Waals surface area contributed by atoms with Gasteiger partial charge in [-0.25, -0.2) is 0 Å². The summed E-state index contributed by atoms with van der Waals surface area (Å²) in [6.45, 7) is 6.82. The van der Waals surface area contributed by atoms with Crippen LogP contribution >= 0.6 is 0 Å². The number of halogens is 6. The number of nitrogens with two attached hydrogens (primary N) is 1. The van der Waals surface area contributed by atoms with Crippen molar-refractivity contribution in [3.05, 3.63) is 76.5 Å². The molecule has 1 amide bonds. The number of rotatable bonds is 7. The van der Waals surface area contributed by atoms with Gasteiger partial charge in [0.2, 0.25) is 0 Å². The van der Waals surface area contributed by atoms with E-state index in [0.29, 0.717) is 29.1 Å². The van der Waals surface area contributed by atoms with E-state index in [0.717, 1.165) is 18.8 Å². The average molecular weight is 497 g/mol. The lowest BCUT2D eigenvalue weighted by Gasteiger charge is -2.21. The molecule has 0 aliphatic rings. The maximum absolute atomic E-state index is 13.3. The van der Waals surface area contributed by atoms with Crippen molar-refractivity contribution >= 4 is 11.6 Å². The minimum absolute atomic E-state index is 0.0910. The number of hydrogen-bond acceptors (Lipinski definition) is 2. The molecule has 0 bridgehead atoms.